The van der Waals surface area contributed by atoms with Crippen molar-refractivity contribution in [2.75, 3.05) is 40.9 Å². The molecule has 0 aliphatic carbocycles. The van der Waals surface area contributed by atoms with Gasteiger partial charge in [-0.25, -0.2) is 0 Å². The Morgan fingerprint density at radius 2 is 0.824 bits per heavy atom. The Kier molecular flexibility index (Phi) is 49.3. The lowest BCUT2D eigenvalue weighted by Gasteiger charge is -2.29. The summed E-state index contributed by atoms with van der Waals surface area (Å²) in [5.41, 5.74) is 0. The second-order valence-corrected chi connectivity index (χ2v) is 22.4. The molecule has 0 aromatic rings. The van der Waals surface area contributed by atoms with Crippen molar-refractivity contribution in [3.8, 4) is 0 Å². The van der Waals surface area contributed by atoms with Crippen LogP contribution in [0.4, 0.5) is 0 Å². The molecule has 0 heterocycles. The molecule has 0 rings (SSSR count). The summed E-state index contributed by atoms with van der Waals surface area (Å²) in [6.45, 7) is 4.64. The number of quaternary nitrogens is 1. The second kappa shape index (κ2) is 50.4. The molecule has 0 aromatic heterocycles. The van der Waals surface area contributed by atoms with Crippen LogP contribution in [0.25, 0.3) is 0 Å². The molecule has 0 fully saturated rings. The first-order chi connectivity index (χ1) is 33.0. The third-order valence-electron chi connectivity index (χ3n) is 13.0. The topological polar surface area (TPSA) is 108 Å². The predicted octanol–water partition coefficient (Wildman–Crippen LogP) is 16.9. The number of aliphatic hydroxyl groups excluding tert-OH is 1. The fourth-order valence-electron chi connectivity index (χ4n) is 8.42. The molecule has 3 atom stereocenters. The number of likely N-dealkylation sites (N-methyl/N-ethyl adjacent to an activating group) is 1. The van der Waals surface area contributed by atoms with Crippen molar-refractivity contribution < 1.29 is 32.9 Å². The Bertz CT molecular complexity index is 1250. The smallest absolute Gasteiger partial charge is 0.268 e. The van der Waals surface area contributed by atoms with Crippen molar-refractivity contribution in [2.24, 2.45) is 0 Å². The molecular weight excluding hydrogens is 864 g/mol. The van der Waals surface area contributed by atoms with Crippen molar-refractivity contribution in [1.29, 1.82) is 0 Å². The first-order valence-electron chi connectivity index (χ1n) is 29.0. The lowest BCUT2D eigenvalue weighted by molar-refractivity contribution is -0.870. The SMILES string of the molecule is CCCCCCCC/C=C\CCCCCCCCCCCC(=O)NC(COP(=O)([O-])OCC[N+](C)(C)C)C(O)/C=C/CC/C=C/CC/C=C/CCCCCCCCCCCCCCCCCCC. The largest absolute Gasteiger partial charge is 0.756 e. The molecule has 0 radical (unpaired) electrons. The van der Waals surface area contributed by atoms with E-state index in [2.05, 4.69) is 55.6 Å². The number of hydrogen-bond acceptors (Lipinski definition) is 6. The monoisotopic (exact) mass is 977 g/mol. The molecule has 68 heavy (non-hydrogen) atoms. The van der Waals surface area contributed by atoms with Gasteiger partial charge in [0, 0.05) is 6.42 Å². The summed E-state index contributed by atoms with van der Waals surface area (Å²) >= 11 is 0. The molecule has 3 unspecified atom stereocenters. The number of phosphoric ester groups is 1. The van der Waals surface area contributed by atoms with Gasteiger partial charge >= 0.3 is 0 Å². The third kappa shape index (κ3) is 52.3. The molecule has 0 saturated heterocycles. The van der Waals surface area contributed by atoms with Crippen LogP contribution in [0.2, 0.25) is 0 Å². The van der Waals surface area contributed by atoms with E-state index in [0.717, 1.165) is 44.9 Å². The van der Waals surface area contributed by atoms with Crippen LogP contribution in [-0.2, 0) is 18.4 Å². The first kappa shape index (κ1) is 66.5. The number of hydrogen-bond donors (Lipinski definition) is 2. The zero-order chi connectivity index (χ0) is 49.9. The van der Waals surface area contributed by atoms with Gasteiger partial charge in [-0.05, 0) is 70.6 Å². The zero-order valence-electron chi connectivity index (χ0n) is 45.6. The standard InChI is InChI=1S/C59H113N2O6P/c1-6-8-10-12-14-16-18-20-22-24-26-27-28-29-30-31-32-33-35-36-38-40-42-44-46-48-50-52-58(62)57(56-67-68(64,65)66-55-54-61(3,4)5)60-59(63)53-51-49-47-45-43-41-39-37-34-25-23-21-19-17-15-13-11-9-7-2/h21,23,35-36,42,44,50,52,57-58,62H,6-20,22,24-34,37-41,43,45-49,51,53-56H2,1-5H3,(H-,60,63,64,65)/b23-21-,36-35+,44-42+,52-50+. The molecule has 1 amide bonds. The van der Waals surface area contributed by atoms with Crippen LogP contribution in [0.1, 0.15) is 271 Å². The third-order valence-corrected chi connectivity index (χ3v) is 14.0. The number of aliphatic hydroxyl groups is 1. The van der Waals surface area contributed by atoms with E-state index in [4.69, 9.17) is 9.05 Å². The lowest BCUT2D eigenvalue weighted by Crippen LogP contribution is -2.45. The van der Waals surface area contributed by atoms with Gasteiger partial charge in [0.1, 0.15) is 13.2 Å². The van der Waals surface area contributed by atoms with E-state index in [1.54, 1.807) is 6.08 Å². The maximum absolute atomic E-state index is 12.9. The Hall–Kier alpha value is -1.54. The van der Waals surface area contributed by atoms with Crippen molar-refractivity contribution in [3.05, 3.63) is 48.6 Å². The molecule has 400 valence electrons. The normalized spacial score (nSPS) is 14.3. The molecular formula is C59H113N2O6P. The van der Waals surface area contributed by atoms with Crippen LogP contribution in [0.15, 0.2) is 48.6 Å². The number of nitrogens with zero attached hydrogens (tertiary/aromatic N) is 1. The highest BCUT2D eigenvalue weighted by Crippen LogP contribution is 2.38. The van der Waals surface area contributed by atoms with Crippen LogP contribution in [0, 0.1) is 0 Å². The van der Waals surface area contributed by atoms with E-state index in [-0.39, 0.29) is 12.5 Å². The second-order valence-electron chi connectivity index (χ2n) is 21.0. The van der Waals surface area contributed by atoms with E-state index in [1.165, 1.54) is 205 Å². The van der Waals surface area contributed by atoms with Gasteiger partial charge in [0.2, 0.25) is 5.91 Å². The quantitative estimate of drug-likeness (QED) is 0.0272. The predicted molar refractivity (Wildman–Crippen MR) is 293 cm³/mol. The van der Waals surface area contributed by atoms with Crippen molar-refractivity contribution in [2.45, 2.75) is 283 Å². The van der Waals surface area contributed by atoms with Gasteiger partial charge in [-0.2, -0.15) is 0 Å². The van der Waals surface area contributed by atoms with Gasteiger partial charge < -0.3 is 28.8 Å². The van der Waals surface area contributed by atoms with Gasteiger partial charge in [-0.1, -0.05) is 242 Å². The molecule has 0 aliphatic heterocycles. The van der Waals surface area contributed by atoms with Crippen LogP contribution < -0.4 is 10.2 Å². The number of amides is 1. The van der Waals surface area contributed by atoms with Crippen LogP contribution in [0.3, 0.4) is 0 Å². The summed E-state index contributed by atoms with van der Waals surface area (Å²) in [6.07, 6.45) is 66.2. The van der Waals surface area contributed by atoms with E-state index in [9.17, 15) is 19.4 Å². The van der Waals surface area contributed by atoms with E-state index in [1.807, 2.05) is 27.2 Å². The van der Waals surface area contributed by atoms with Gasteiger partial charge in [0.15, 0.2) is 0 Å². The molecule has 2 N–H and O–H groups in total. The highest BCUT2D eigenvalue weighted by molar-refractivity contribution is 7.45. The summed E-state index contributed by atoms with van der Waals surface area (Å²) in [5, 5.41) is 13.9. The van der Waals surface area contributed by atoms with E-state index >= 15 is 0 Å². The molecule has 0 aromatic carbocycles. The number of unbranched alkanes of at least 4 members (excludes halogenated alkanes) is 34. The molecule has 0 aliphatic rings. The summed E-state index contributed by atoms with van der Waals surface area (Å²) in [6, 6.07) is -0.912. The minimum Gasteiger partial charge on any atom is -0.756 e. The summed E-state index contributed by atoms with van der Waals surface area (Å²) in [5.74, 6) is -0.212. The fourth-order valence-corrected chi connectivity index (χ4v) is 9.14. The molecule has 0 spiro atoms. The zero-order valence-corrected chi connectivity index (χ0v) is 46.5. The number of carbonyl (C=O) groups excluding carboxylic acids is 1. The summed E-state index contributed by atoms with van der Waals surface area (Å²) < 4.78 is 23.3. The van der Waals surface area contributed by atoms with E-state index < -0.39 is 26.6 Å². The Balaban J connectivity index is 4.27. The lowest BCUT2D eigenvalue weighted by atomic mass is 10.0. The Morgan fingerprint density at radius 1 is 0.500 bits per heavy atom. The first-order valence-corrected chi connectivity index (χ1v) is 30.5. The van der Waals surface area contributed by atoms with Gasteiger partial charge in [-0.3, -0.25) is 9.36 Å². The summed E-state index contributed by atoms with van der Waals surface area (Å²) in [4.78, 5) is 25.5. The molecule has 0 bridgehead atoms. The molecule has 9 heteroatoms. The highest BCUT2D eigenvalue weighted by atomic mass is 31.2. The minimum atomic E-state index is -4.61. The van der Waals surface area contributed by atoms with Crippen LogP contribution in [-0.4, -0.2) is 68.5 Å². The van der Waals surface area contributed by atoms with Crippen molar-refractivity contribution in [1.82, 2.24) is 5.32 Å². The number of carbonyl (C=O) groups is 1. The number of nitrogens with one attached hydrogen (secondary N) is 1. The number of allylic oxidation sites excluding steroid dienone is 7. The van der Waals surface area contributed by atoms with Crippen LogP contribution >= 0.6 is 7.82 Å². The van der Waals surface area contributed by atoms with Gasteiger partial charge in [0.05, 0.1) is 39.9 Å². The van der Waals surface area contributed by atoms with Gasteiger partial charge in [-0.15, -0.1) is 0 Å². The number of rotatable bonds is 53. The maximum Gasteiger partial charge on any atom is 0.268 e. The average molecular weight is 978 g/mol. The van der Waals surface area contributed by atoms with Crippen LogP contribution in [0.5, 0.6) is 0 Å². The Morgan fingerprint density at radius 3 is 1.19 bits per heavy atom. The number of phosphoric acid groups is 1. The van der Waals surface area contributed by atoms with E-state index in [0.29, 0.717) is 17.4 Å². The minimum absolute atomic E-state index is 0.00975. The molecule has 0 saturated carbocycles. The van der Waals surface area contributed by atoms with Crippen molar-refractivity contribution >= 4 is 13.7 Å². The highest BCUT2D eigenvalue weighted by Gasteiger charge is 2.23. The van der Waals surface area contributed by atoms with Gasteiger partial charge in [0.25, 0.3) is 7.82 Å². The molecule has 8 nitrogen and oxygen atoms in total. The van der Waals surface area contributed by atoms with Crippen molar-refractivity contribution in [3.63, 3.8) is 0 Å². The summed E-state index contributed by atoms with van der Waals surface area (Å²) in [7, 11) is 1.24. The maximum atomic E-state index is 12.9. The fraction of sp³-hybridized carbons (Fsp3) is 0.847. The Labute approximate surface area is 422 Å². The average Bonchev–Trinajstić information content (AvgIpc) is 3.30.